The number of nitrogens with zero attached hydrogens (tertiary/aromatic N) is 3. The smallest absolute Gasteiger partial charge is 0.337 e. The Kier molecular flexibility index (Phi) is 8.11. The SMILES string of the molecule is COC(=O)c1ccc2c(=O)n(CC(=O)NCCCN3CCN(c4ccc(F)cc4)CC3)c(=S)[nH]c2c1. The summed E-state index contributed by atoms with van der Waals surface area (Å²) in [6, 6.07) is 11.1. The molecule has 3 aromatic rings. The normalized spacial score (nSPS) is 14.1. The lowest BCUT2D eigenvalue weighted by Crippen LogP contribution is -2.47. The molecular formula is C25H28FN5O4S. The highest BCUT2D eigenvalue weighted by Crippen LogP contribution is 2.17. The fourth-order valence-corrected chi connectivity index (χ4v) is 4.51. The fraction of sp³-hybridized carbons (Fsp3) is 0.360. The van der Waals surface area contributed by atoms with Crippen LogP contribution in [-0.2, 0) is 16.1 Å². The zero-order valence-corrected chi connectivity index (χ0v) is 20.8. The van der Waals surface area contributed by atoms with Gasteiger partial charge in [-0.3, -0.25) is 19.1 Å². The van der Waals surface area contributed by atoms with Crippen LogP contribution in [0, 0.1) is 10.6 Å². The summed E-state index contributed by atoms with van der Waals surface area (Å²) < 4.78 is 19.1. The number of halogens is 1. The predicted molar refractivity (Wildman–Crippen MR) is 137 cm³/mol. The lowest BCUT2D eigenvalue weighted by Gasteiger charge is -2.36. The number of amides is 1. The van der Waals surface area contributed by atoms with Crippen molar-refractivity contribution in [2.24, 2.45) is 0 Å². The Hall–Kier alpha value is -3.57. The number of ether oxygens (including phenoxy) is 1. The van der Waals surface area contributed by atoms with Crippen LogP contribution in [0.25, 0.3) is 10.9 Å². The number of benzene rings is 2. The number of aromatic nitrogens is 2. The van der Waals surface area contributed by atoms with Crippen molar-refractivity contribution in [3.05, 3.63) is 69.0 Å². The van der Waals surface area contributed by atoms with Gasteiger partial charge >= 0.3 is 5.97 Å². The van der Waals surface area contributed by atoms with Crippen LogP contribution in [0.5, 0.6) is 0 Å². The van der Waals surface area contributed by atoms with Gasteiger partial charge in [-0.1, -0.05) is 0 Å². The lowest BCUT2D eigenvalue weighted by molar-refractivity contribution is -0.121. The van der Waals surface area contributed by atoms with Crippen molar-refractivity contribution >= 4 is 40.7 Å². The Balaban J connectivity index is 1.25. The van der Waals surface area contributed by atoms with E-state index < -0.39 is 11.5 Å². The molecule has 36 heavy (non-hydrogen) atoms. The molecule has 1 aliphatic rings. The molecule has 0 atom stereocenters. The molecule has 0 unspecified atom stereocenters. The first-order valence-corrected chi connectivity index (χ1v) is 12.1. The molecule has 1 aliphatic heterocycles. The maximum Gasteiger partial charge on any atom is 0.337 e. The maximum absolute atomic E-state index is 13.1. The van der Waals surface area contributed by atoms with Gasteiger partial charge in [0.15, 0.2) is 4.77 Å². The zero-order valence-electron chi connectivity index (χ0n) is 20.0. The number of carbonyl (C=O) groups excluding carboxylic acids is 2. The number of aromatic amines is 1. The molecule has 1 fully saturated rings. The highest BCUT2D eigenvalue weighted by atomic mass is 32.1. The van der Waals surface area contributed by atoms with E-state index in [9.17, 15) is 18.8 Å². The van der Waals surface area contributed by atoms with E-state index in [4.69, 9.17) is 17.0 Å². The van der Waals surface area contributed by atoms with E-state index in [2.05, 4.69) is 20.1 Å². The highest BCUT2D eigenvalue weighted by Gasteiger charge is 2.17. The quantitative estimate of drug-likeness (QED) is 0.271. The summed E-state index contributed by atoms with van der Waals surface area (Å²) in [5.74, 6) is -1.06. The minimum absolute atomic E-state index is 0.101. The number of H-pyrrole nitrogens is 1. The topological polar surface area (TPSA) is 99.7 Å². The van der Waals surface area contributed by atoms with E-state index in [1.165, 1.54) is 42.0 Å². The number of hydrogen-bond donors (Lipinski definition) is 2. The van der Waals surface area contributed by atoms with Gasteiger partial charge in [-0.15, -0.1) is 0 Å². The second-order valence-corrected chi connectivity index (χ2v) is 8.97. The average molecular weight is 514 g/mol. The van der Waals surface area contributed by atoms with Crippen LogP contribution in [0.3, 0.4) is 0 Å². The minimum atomic E-state index is -0.519. The van der Waals surface area contributed by atoms with Gasteiger partial charge in [0.1, 0.15) is 12.4 Å². The first-order valence-electron chi connectivity index (χ1n) is 11.7. The number of hydrogen-bond acceptors (Lipinski definition) is 7. The summed E-state index contributed by atoms with van der Waals surface area (Å²) >= 11 is 5.28. The Bertz CT molecular complexity index is 1360. The molecule has 1 amide bonds. The Labute approximate surface area is 212 Å². The summed E-state index contributed by atoms with van der Waals surface area (Å²) in [5, 5.41) is 3.18. The van der Waals surface area contributed by atoms with Crippen molar-refractivity contribution in [1.29, 1.82) is 0 Å². The number of fused-ring (bicyclic) bond motifs is 1. The van der Waals surface area contributed by atoms with Crippen LogP contribution in [0.2, 0.25) is 0 Å². The fourth-order valence-electron chi connectivity index (χ4n) is 4.25. The molecule has 0 radical (unpaired) electrons. The van der Waals surface area contributed by atoms with Gasteiger partial charge in [0.05, 0.1) is 23.6 Å². The first kappa shape index (κ1) is 25.5. The van der Waals surface area contributed by atoms with E-state index in [1.807, 2.05) is 0 Å². The molecule has 1 aromatic heterocycles. The molecule has 190 valence electrons. The van der Waals surface area contributed by atoms with Crippen molar-refractivity contribution in [3.63, 3.8) is 0 Å². The summed E-state index contributed by atoms with van der Waals surface area (Å²) in [6.07, 6.45) is 0.776. The lowest BCUT2D eigenvalue weighted by atomic mass is 10.1. The summed E-state index contributed by atoms with van der Waals surface area (Å²) in [6.45, 7) is 4.65. The molecular weight excluding hydrogens is 485 g/mol. The zero-order chi connectivity index (χ0) is 25.7. The number of piperazine rings is 1. The van der Waals surface area contributed by atoms with Crippen LogP contribution in [0.4, 0.5) is 10.1 Å². The van der Waals surface area contributed by atoms with Crippen molar-refractivity contribution in [3.8, 4) is 0 Å². The van der Waals surface area contributed by atoms with Crippen molar-refractivity contribution in [1.82, 2.24) is 19.8 Å². The number of carbonyl (C=O) groups is 2. The molecule has 2 aromatic carbocycles. The van der Waals surface area contributed by atoms with E-state index in [0.717, 1.165) is 44.8 Å². The van der Waals surface area contributed by atoms with Crippen LogP contribution < -0.4 is 15.8 Å². The Morgan fingerprint density at radius 1 is 1.11 bits per heavy atom. The summed E-state index contributed by atoms with van der Waals surface area (Å²) in [7, 11) is 1.28. The molecule has 0 saturated carbocycles. The van der Waals surface area contributed by atoms with Crippen LogP contribution >= 0.6 is 12.2 Å². The first-order chi connectivity index (χ1) is 17.4. The molecule has 9 nitrogen and oxygen atoms in total. The van der Waals surface area contributed by atoms with Gasteiger partial charge in [-0.2, -0.15) is 0 Å². The molecule has 0 bridgehead atoms. The highest BCUT2D eigenvalue weighted by molar-refractivity contribution is 7.71. The molecule has 0 aliphatic carbocycles. The molecule has 1 saturated heterocycles. The minimum Gasteiger partial charge on any atom is -0.465 e. The molecule has 11 heteroatoms. The Morgan fingerprint density at radius 3 is 2.53 bits per heavy atom. The second-order valence-electron chi connectivity index (χ2n) is 8.58. The van der Waals surface area contributed by atoms with E-state index >= 15 is 0 Å². The molecule has 2 heterocycles. The van der Waals surface area contributed by atoms with E-state index in [0.29, 0.717) is 23.0 Å². The molecule has 4 rings (SSSR count). The van der Waals surface area contributed by atoms with E-state index in [1.54, 1.807) is 12.1 Å². The van der Waals surface area contributed by atoms with Crippen molar-refractivity contribution in [2.45, 2.75) is 13.0 Å². The third-order valence-corrected chi connectivity index (χ3v) is 6.56. The number of methoxy groups -OCH3 is 1. The standard InChI is InChI=1S/C25H28FN5O4S/c1-35-24(34)17-3-8-20-21(15-17)28-25(36)31(23(20)33)16-22(32)27-9-2-10-29-11-13-30(14-12-29)19-6-4-18(26)5-7-19/h3-8,15H,2,9-14,16H2,1H3,(H,27,32)(H,28,36). The van der Waals surface area contributed by atoms with Gasteiger partial charge in [0, 0.05) is 38.4 Å². The summed E-state index contributed by atoms with van der Waals surface area (Å²) in [5.41, 5.74) is 1.32. The van der Waals surface area contributed by atoms with Gasteiger partial charge in [0.25, 0.3) is 5.56 Å². The van der Waals surface area contributed by atoms with Crippen molar-refractivity contribution < 1.29 is 18.7 Å². The number of esters is 1. The maximum atomic E-state index is 13.1. The van der Waals surface area contributed by atoms with E-state index in [-0.39, 0.29) is 23.0 Å². The third-order valence-electron chi connectivity index (χ3n) is 6.24. The van der Waals surface area contributed by atoms with Crippen LogP contribution in [-0.4, -0.2) is 72.7 Å². The van der Waals surface area contributed by atoms with Crippen LogP contribution in [0.15, 0.2) is 47.3 Å². The van der Waals surface area contributed by atoms with Crippen LogP contribution in [0.1, 0.15) is 16.8 Å². The van der Waals surface area contributed by atoms with Crippen molar-refractivity contribution in [2.75, 3.05) is 51.3 Å². The number of rotatable bonds is 8. The van der Waals surface area contributed by atoms with Gasteiger partial charge in [-0.25, -0.2) is 9.18 Å². The monoisotopic (exact) mass is 513 g/mol. The number of nitrogens with one attached hydrogen (secondary N) is 2. The average Bonchev–Trinajstić information content (AvgIpc) is 2.89. The molecule has 2 N–H and O–H groups in total. The summed E-state index contributed by atoms with van der Waals surface area (Å²) in [4.78, 5) is 44.6. The van der Waals surface area contributed by atoms with Gasteiger partial charge in [-0.05, 0) is 67.6 Å². The van der Waals surface area contributed by atoms with Gasteiger partial charge in [0.2, 0.25) is 5.91 Å². The number of anilines is 1. The Morgan fingerprint density at radius 2 is 1.83 bits per heavy atom. The predicted octanol–water partition coefficient (Wildman–Crippen LogP) is 2.31. The third kappa shape index (κ3) is 5.97. The largest absolute Gasteiger partial charge is 0.465 e. The second kappa shape index (κ2) is 11.4. The molecule has 0 spiro atoms. The van der Waals surface area contributed by atoms with Gasteiger partial charge < -0.3 is 19.9 Å².